The molecule has 0 bridgehead atoms. The van der Waals surface area contributed by atoms with Gasteiger partial charge in [0.15, 0.2) is 0 Å². The Hall–Kier alpha value is -2.96. The molecule has 1 aromatic carbocycles. The molecule has 0 fully saturated rings. The zero-order valence-corrected chi connectivity index (χ0v) is 11.9. The average Bonchev–Trinajstić information content (AvgIpc) is 2.95. The molecule has 3 rings (SSSR count). The fourth-order valence-electron chi connectivity index (χ4n) is 2.37. The zero-order valence-electron chi connectivity index (χ0n) is 11.9. The first kappa shape index (κ1) is 14.0. The molecule has 0 aliphatic rings. The first-order valence-corrected chi connectivity index (χ1v) is 7.04. The SMILES string of the molecule is O=[N+]([O-])c1ccc[nH+]c1NCCCn1cnc2ccccc21. The van der Waals surface area contributed by atoms with Crippen LogP contribution in [0.2, 0.25) is 0 Å². The van der Waals surface area contributed by atoms with E-state index in [0.717, 1.165) is 24.0 Å². The first-order valence-electron chi connectivity index (χ1n) is 7.04. The van der Waals surface area contributed by atoms with E-state index in [9.17, 15) is 10.1 Å². The summed E-state index contributed by atoms with van der Waals surface area (Å²) in [5, 5.41) is 14.0. The maximum atomic E-state index is 10.9. The van der Waals surface area contributed by atoms with Gasteiger partial charge in [-0.25, -0.2) is 9.97 Å². The number of anilines is 1. The van der Waals surface area contributed by atoms with Crippen LogP contribution in [0.25, 0.3) is 11.0 Å². The van der Waals surface area contributed by atoms with Gasteiger partial charge in [-0.1, -0.05) is 12.1 Å². The Balaban J connectivity index is 1.59. The summed E-state index contributed by atoms with van der Waals surface area (Å²) < 4.78 is 2.08. The van der Waals surface area contributed by atoms with Crippen LogP contribution in [0.15, 0.2) is 48.9 Å². The van der Waals surface area contributed by atoms with E-state index >= 15 is 0 Å². The van der Waals surface area contributed by atoms with Gasteiger partial charge in [0.2, 0.25) is 0 Å². The predicted molar refractivity (Wildman–Crippen MR) is 82.5 cm³/mol. The molecule has 2 heterocycles. The number of H-pyrrole nitrogens is 1. The molecule has 112 valence electrons. The highest BCUT2D eigenvalue weighted by Gasteiger charge is 2.18. The topological polar surface area (TPSA) is 87.1 Å². The normalized spacial score (nSPS) is 10.7. The minimum absolute atomic E-state index is 0.0515. The Morgan fingerprint density at radius 3 is 3.00 bits per heavy atom. The van der Waals surface area contributed by atoms with E-state index in [-0.39, 0.29) is 5.69 Å². The summed E-state index contributed by atoms with van der Waals surface area (Å²) in [6.07, 6.45) is 4.32. The third-order valence-corrected chi connectivity index (χ3v) is 3.44. The molecule has 2 N–H and O–H groups in total. The zero-order chi connectivity index (χ0) is 15.4. The van der Waals surface area contributed by atoms with E-state index in [0.29, 0.717) is 12.4 Å². The molecule has 0 amide bonds. The summed E-state index contributed by atoms with van der Waals surface area (Å²) in [5.41, 5.74) is 2.12. The number of rotatable bonds is 6. The van der Waals surface area contributed by atoms with Gasteiger partial charge < -0.3 is 4.57 Å². The number of imidazole rings is 1. The number of nitrogens with zero attached hydrogens (tertiary/aromatic N) is 3. The summed E-state index contributed by atoms with van der Waals surface area (Å²) in [7, 11) is 0. The Morgan fingerprint density at radius 1 is 1.27 bits per heavy atom. The number of nitro groups is 1. The summed E-state index contributed by atoms with van der Waals surface area (Å²) in [6, 6.07) is 11.0. The van der Waals surface area contributed by atoms with Crippen LogP contribution in [-0.4, -0.2) is 21.0 Å². The highest BCUT2D eigenvalue weighted by Crippen LogP contribution is 2.17. The largest absolute Gasteiger partial charge is 0.357 e. The van der Waals surface area contributed by atoms with Crippen molar-refractivity contribution in [2.75, 3.05) is 11.9 Å². The van der Waals surface area contributed by atoms with E-state index < -0.39 is 4.92 Å². The standard InChI is InChI=1S/C15H15N5O2/c21-20(22)14-7-3-8-16-15(14)17-9-4-10-19-11-18-12-5-1-2-6-13(12)19/h1-3,5-8,11H,4,9-10H2,(H,16,17)/p+1. The van der Waals surface area contributed by atoms with Crippen molar-refractivity contribution < 1.29 is 9.91 Å². The lowest BCUT2D eigenvalue weighted by Gasteiger charge is -2.03. The van der Waals surface area contributed by atoms with Crippen molar-refractivity contribution in [2.45, 2.75) is 13.0 Å². The Labute approximate surface area is 126 Å². The van der Waals surface area contributed by atoms with E-state index in [1.54, 1.807) is 12.3 Å². The van der Waals surface area contributed by atoms with Crippen LogP contribution < -0.4 is 10.3 Å². The van der Waals surface area contributed by atoms with Crippen LogP contribution in [-0.2, 0) is 6.54 Å². The van der Waals surface area contributed by atoms with Crippen LogP contribution in [0.5, 0.6) is 0 Å². The number of hydrogen-bond donors (Lipinski definition) is 1. The molecule has 7 heteroatoms. The van der Waals surface area contributed by atoms with Gasteiger partial charge in [0.25, 0.3) is 0 Å². The van der Waals surface area contributed by atoms with Crippen LogP contribution in [0.3, 0.4) is 0 Å². The van der Waals surface area contributed by atoms with Gasteiger partial charge >= 0.3 is 11.5 Å². The van der Waals surface area contributed by atoms with Crippen molar-refractivity contribution in [2.24, 2.45) is 0 Å². The number of aromatic amines is 1. The highest BCUT2D eigenvalue weighted by atomic mass is 16.6. The minimum atomic E-state index is -0.401. The molecule has 0 unspecified atom stereocenters. The van der Waals surface area contributed by atoms with Crippen molar-refractivity contribution in [3.8, 4) is 0 Å². The molecule has 0 spiro atoms. The molecule has 2 aromatic heterocycles. The number of aryl methyl sites for hydroxylation is 1. The van der Waals surface area contributed by atoms with Crippen LogP contribution >= 0.6 is 0 Å². The van der Waals surface area contributed by atoms with Gasteiger partial charge in [-0.15, -0.1) is 0 Å². The van der Waals surface area contributed by atoms with E-state index in [4.69, 9.17) is 0 Å². The van der Waals surface area contributed by atoms with Gasteiger partial charge in [0, 0.05) is 19.0 Å². The minimum Gasteiger partial charge on any atom is -0.330 e. The van der Waals surface area contributed by atoms with Gasteiger partial charge in [0.1, 0.15) is 0 Å². The van der Waals surface area contributed by atoms with Crippen molar-refractivity contribution in [1.82, 2.24) is 9.55 Å². The number of fused-ring (bicyclic) bond motifs is 1. The molecular weight excluding hydrogens is 282 g/mol. The summed E-state index contributed by atoms with van der Waals surface area (Å²) in [4.78, 5) is 17.7. The number of pyridine rings is 1. The first-order chi connectivity index (χ1) is 10.8. The number of hydrogen-bond acceptors (Lipinski definition) is 4. The lowest BCUT2D eigenvalue weighted by atomic mass is 10.3. The van der Waals surface area contributed by atoms with Crippen LogP contribution in [0.1, 0.15) is 6.42 Å². The lowest BCUT2D eigenvalue weighted by Crippen LogP contribution is -2.16. The fraction of sp³-hybridized carbons (Fsp3) is 0.200. The second kappa shape index (κ2) is 6.21. The van der Waals surface area contributed by atoms with Crippen LogP contribution in [0, 0.1) is 10.1 Å². The monoisotopic (exact) mass is 298 g/mol. The predicted octanol–water partition coefficient (Wildman–Crippen LogP) is 2.26. The summed E-state index contributed by atoms with van der Waals surface area (Å²) in [5.74, 6) is 0.433. The second-order valence-corrected chi connectivity index (χ2v) is 4.89. The van der Waals surface area contributed by atoms with Gasteiger partial charge in [-0.2, -0.15) is 0 Å². The second-order valence-electron chi connectivity index (χ2n) is 4.89. The van der Waals surface area contributed by atoms with Crippen molar-refractivity contribution in [1.29, 1.82) is 0 Å². The average molecular weight is 298 g/mol. The summed E-state index contributed by atoms with van der Waals surface area (Å²) >= 11 is 0. The fourth-order valence-corrected chi connectivity index (χ4v) is 2.37. The molecule has 0 atom stereocenters. The van der Waals surface area contributed by atoms with Gasteiger partial charge in [-0.05, 0) is 18.2 Å². The van der Waals surface area contributed by atoms with Gasteiger partial charge in [0.05, 0.1) is 35.0 Å². The van der Waals surface area contributed by atoms with Gasteiger partial charge in [-0.3, -0.25) is 15.4 Å². The third-order valence-electron chi connectivity index (χ3n) is 3.44. The quantitative estimate of drug-likeness (QED) is 0.429. The van der Waals surface area contributed by atoms with E-state index in [1.807, 2.05) is 30.6 Å². The molecular formula is C15H16N5O2+. The maximum absolute atomic E-state index is 10.9. The molecule has 0 aliphatic carbocycles. The van der Waals surface area contributed by atoms with Crippen molar-refractivity contribution >= 4 is 22.5 Å². The molecule has 3 aromatic rings. The van der Waals surface area contributed by atoms with Crippen molar-refractivity contribution in [3.63, 3.8) is 0 Å². The number of aromatic nitrogens is 3. The third kappa shape index (κ3) is 2.88. The molecule has 22 heavy (non-hydrogen) atoms. The summed E-state index contributed by atoms with van der Waals surface area (Å²) in [6.45, 7) is 1.43. The number of para-hydroxylation sites is 2. The smallest absolute Gasteiger partial charge is 0.330 e. The molecule has 0 aliphatic heterocycles. The van der Waals surface area contributed by atoms with Crippen molar-refractivity contribution in [3.05, 3.63) is 59.0 Å². The van der Waals surface area contributed by atoms with E-state index in [1.165, 1.54) is 6.07 Å². The maximum Gasteiger partial charge on any atom is 0.357 e. The Bertz CT molecular complexity index is 799. The highest BCUT2D eigenvalue weighted by molar-refractivity contribution is 5.74. The number of nitrogens with one attached hydrogen (secondary N) is 2. The van der Waals surface area contributed by atoms with E-state index in [2.05, 4.69) is 19.9 Å². The Kier molecular flexibility index (Phi) is 3.95. The molecule has 0 saturated carbocycles. The Morgan fingerprint density at radius 2 is 2.14 bits per heavy atom. The molecule has 7 nitrogen and oxygen atoms in total. The number of benzene rings is 1. The van der Waals surface area contributed by atoms with Crippen LogP contribution in [0.4, 0.5) is 11.5 Å². The molecule has 0 radical (unpaired) electrons. The molecule has 0 saturated heterocycles. The lowest BCUT2D eigenvalue weighted by molar-refractivity contribution is -0.409.